The van der Waals surface area contributed by atoms with E-state index in [2.05, 4.69) is 35.0 Å². The standard InChI is InChI=1S/C15H20N2/c1-11-8-14-10-12(5-6-16-2)9-13-4-3-7-17(11)15(13)14/h8-10,16H,3-7H2,1-2H3. The summed E-state index contributed by atoms with van der Waals surface area (Å²) in [5, 5.41) is 4.66. The van der Waals surface area contributed by atoms with Crippen LogP contribution in [-0.4, -0.2) is 18.2 Å². The maximum absolute atomic E-state index is 3.23. The van der Waals surface area contributed by atoms with Crippen LogP contribution in [0.4, 0.5) is 0 Å². The first-order chi connectivity index (χ1) is 8.29. The molecule has 0 saturated heterocycles. The highest BCUT2D eigenvalue weighted by Crippen LogP contribution is 2.29. The lowest BCUT2D eigenvalue weighted by atomic mass is 9.99. The molecule has 0 aliphatic carbocycles. The van der Waals surface area contributed by atoms with Gasteiger partial charge < -0.3 is 9.88 Å². The second-order valence-electron chi connectivity index (χ2n) is 5.09. The molecule has 1 aliphatic heterocycles. The Hall–Kier alpha value is -1.28. The van der Waals surface area contributed by atoms with Crippen molar-refractivity contribution in [3.63, 3.8) is 0 Å². The Morgan fingerprint density at radius 2 is 2.18 bits per heavy atom. The number of likely N-dealkylation sites (N-methyl/N-ethyl adjacent to an activating group) is 1. The first kappa shape index (κ1) is 10.8. The van der Waals surface area contributed by atoms with Crippen molar-refractivity contribution in [2.24, 2.45) is 0 Å². The molecule has 1 aliphatic rings. The van der Waals surface area contributed by atoms with Gasteiger partial charge >= 0.3 is 0 Å². The molecule has 0 saturated carbocycles. The Labute approximate surface area is 103 Å². The molecule has 0 unspecified atom stereocenters. The van der Waals surface area contributed by atoms with Gasteiger partial charge in [0.15, 0.2) is 0 Å². The topological polar surface area (TPSA) is 17.0 Å². The van der Waals surface area contributed by atoms with E-state index in [1.807, 2.05) is 7.05 Å². The van der Waals surface area contributed by atoms with Crippen LogP contribution in [0.3, 0.4) is 0 Å². The molecule has 2 heteroatoms. The van der Waals surface area contributed by atoms with Gasteiger partial charge in [-0.1, -0.05) is 6.07 Å². The molecule has 3 rings (SSSR count). The summed E-state index contributed by atoms with van der Waals surface area (Å²) in [6.07, 6.45) is 3.66. The highest BCUT2D eigenvalue weighted by atomic mass is 15.0. The van der Waals surface area contributed by atoms with Gasteiger partial charge in [0.25, 0.3) is 0 Å². The van der Waals surface area contributed by atoms with Crippen LogP contribution in [0, 0.1) is 6.92 Å². The Kier molecular flexibility index (Phi) is 2.67. The Bertz CT molecular complexity index is 552. The number of aromatic nitrogens is 1. The van der Waals surface area contributed by atoms with Gasteiger partial charge in [0.2, 0.25) is 0 Å². The van der Waals surface area contributed by atoms with Gasteiger partial charge in [-0.25, -0.2) is 0 Å². The number of nitrogens with one attached hydrogen (secondary N) is 1. The number of rotatable bonds is 3. The average Bonchev–Trinajstić information content (AvgIpc) is 2.66. The van der Waals surface area contributed by atoms with E-state index in [9.17, 15) is 0 Å². The molecule has 0 fully saturated rings. The fourth-order valence-corrected chi connectivity index (χ4v) is 3.03. The molecule has 2 aromatic rings. The van der Waals surface area contributed by atoms with E-state index in [0.29, 0.717) is 0 Å². The van der Waals surface area contributed by atoms with Gasteiger partial charge in [0.1, 0.15) is 0 Å². The molecular weight excluding hydrogens is 208 g/mol. The molecule has 1 aromatic carbocycles. The molecule has 1 aromatic heterocycles. The minimum Gasteiger partial charge on any atom is -0.345 e. The lowest BCUT2D eigenvalue weighted by Crippen LogP contribution is -2.12. The monoisotopic (exact) mass is 228 g/mol. The van der Waals surface area contributed by atoms with Gasteiger partial charge in [-0.05, 0) is 63.0 Å². The summed E-state index contributed by atoms with van der Waals surface area (Å²) in [5.74, 6) is 0. The minimum atomic E-state index is 1.06. The second kappa shape index (κ2) is 4.19. The number of aryl methyl sites for hydroxylation is 3. The van der Waals surface area contributed by atoms with Crippen LogP contribution in [0.2, 0.25) is 0 Å². The smallest absolute Gasteiger partial charge is 0.0515 e. The summed E-state index contributed by atoms with van der Waals surface area (Å²) in [6, 6.07) is 7.12. The van der Waals surface area contributed by atoms with Crippen LogP contribution in [0.25, 0.3) is 10.9 Å². The van der Waals surface area contributed by atoms with Crippen LogP contribution >= 0.6 is 0 Å². The van der Waals surface area contributed by atoms with Gasteiger partial charge in [-0.3, -0.25) is 0 Å². The largest absolute Gasteiger partial charge is 0.345 e. The zero-order valence-electron chi connectivity index (χ0n) is 10.7. The molecule has 2 nitrogen and oxygen atoms in total. The van der Waals surface area contributed by atoms with E-state index in [1.165, 1.54) is 41.5 Å². The summed E-state index contributed by atoms with van der Waals surface area (Å²) in [7, 11) is 2.02. The highest BCUT2D eigenvalue weighted by molar-refractivity contribution is 5.85. The number of hydrogen-bond acceptors (Lipinski definition) is 1. The molecule has 0 atom stereocenters. The predicted octanol–water partition coefficient (Wildman–Crippen LogP) is 2.66. The first-order valence-corrected chi connectivity index (χ1v) is 6.56. The zero-order valence-corrected chi connectivity index (χ0v) is 10.7. The average molecular weight is 228 g/mol. The van der Waals surface area contributed by atoms with Crippen molar-refractivity contribution >= 4 is 10.9 Å². The molecule has 0 spiro atoms. The Balaban J connectivity index is 2.13. The normalized spacial score (nSPS) is 14.5. The zero-order chi connectivity index (χ0) is 11.8. The van der Waals surface area contributed by atoms with Gasteiger partial charge in [0.05, 0.1) is 5.52 Å². The molecule has 17 heavy (non-hydrogen) atoms. The fourth-order valence-electron chi connectivity index (χ4n) is 3.03. The summed E-state index contributed by atoms with van der Waals surface area (Å²) < 4.78 is 2.48. The third kappa shape index (κ3) is 1.77. The third-order valence-electron chi connectivity index (χ3n) is 3.83. The van der Waals surface area contributed by atoms with Crippen LogP contribution in [-0.2, 0) is 19.4 Å². The van der Waals surface area contributed by atoms with Crippen LogP contribution in [0.5, 0.6) is 0 Å². The van der Waals surface area contributed by atoms with Crippen molar-refractivity contribution in [1.82, 2.24) is 9.88 Å². The van der Waals surface area contributed by atoms with Crippen molar-refractivity contribution in [2.75, 3.05) is 13.6 Å². The second-order valence-corrected chi connectivity index (χ2v) is 5.09. The molecule has 2 heterocycles. The van der Waals surface area contributed by atoms with Gasteiger partial charge in [-0.2, -0.15) is 0 Å². The Morgan fingerprint density at radius 3 is 3.00 bits per heavy atom. The molecule has 90 valence electrons. The maximum atomic E-state index is 3.23. The van der Waals surface area contributed by atoms with Gasteiger partial charge in [0, 0.05) is 17.6 Å². The van der Waals surface area contributed by atoms with E-state index in [0.717, 1.165) is 13.0 Å². The van der Waals surface area contributed by atoms with Crippen molar-refractivity contribution in [3.05, 3.63) is 35.0 Å². The SMILES string of the molecule is CNCCc1cc2c3c(c1)cc(C)n3CCC2. The number of nitrogens with zero attached hydrogens (tertiary/aromatic N) is 1. The van der Waals surface area contributed by atoms with Crippen molar-refractivity contribution < 1.29 is 0 Å². The molecule has 0 bridgehead atoms. The lowest BCUT2D eigenvalue weighted by molar-refractivity contribution is 0.622. The van der Waals surface area contributed by atoms with Crippen molar-refractivity contribution in [2.45, 2.75) is 32.7 Å². The molecule has 0 radical (unpaired) electrons. The van der Waals surface area contributed by atoms with Gasteiger partial charge in [-0.15, -0.1) is 0 Å². The summed E-state index contributed by atoms with van der Waals surface area (Å²) in [6.45, 7) is 4.48. The first-order valence-electron chi connectivity index (χ1n) is 6.56. The van der Waals surface area contributed by atoms with E-state index in [1.54, 1.807) is 5.56 Å². The summed E-state index contributed by atoms with van der Waals surface area (Å²) in [5.41, 5.74) is 5.92. The Morgan fingerprint density at radius 1 is 1.29 bits per heavy atom. The van der Waals surface area contributed by atoms with Crippen LogP contribution < -0.4 is 5.32 Å². The fraction of sp³-hybridized carbons (Fsp3) is 0.467. The maximum Gasteiger partial charge on any atom is 0.0515 e. The van der Waals surface area contributed by atoms with E-state index in [4.69, 9.17) is 0 Å². The number of hydrogen-bond donors (Lipinski definition) is 1. The lowest BCUT2D eigenvalue weighted by Gasteiger charge is -2.18. The van der Waals surface area contributed by atoms with E-state index in [-0.39, 0.29) is 0 Å². The van der Waals surface area contributed by atoms with Crippen molar-refractivity contribution in [3.8, 4) is 0 Å². The molecule has 1 N–H and O–H groups in total. The minimum absolute atomic E-state index is 1.06. The highest BCUT2D eigenvalue weighted by Gasteiger charge is 2.15. The molecular formula is C15H20N2. The third-order valence-corrected chi connectivity index (χ3v) is 3.83. The van der Waals surface area contributed by atoms with E-state index < -0.39 is 0 Å². The summed E-state index contributed by atoms with van der Waals surface area (Å²) in [4.78, 5) is 0. The van der Waals surface area contributed by atoms with Crippen LogP contribution in [0.15, 0.2) is 18.2 Å². The van der Waals surface area contributed by atoms with Crippen molar-refractivity contribution in [1.29, 1.82) is 0 Å². The van der Waals surface area contributed by atoms with Crippen LogP contribution in [0.1, 0.15) is 23.2 Å². The predicted molar refractivity (Wildman–Crippen MR) is 72.6 cm³/mol. The van der Waals surface area contributed by atoms with E-state index >= 15 is 0 Å². The summed E-state index contributed by atoms with van der Waals surface area (Å²) >= 11 is 0. The molecule has 0 amide bonds. The quantitative estimate of drug-likeness (QED) is 0.854. The number of benzene rings is 1.